The van der Waals surface area contributed by atoms with Gasteiger partial charge in [-0.2, -0.15) is 0 Å². The van der Waals surface area contributed by atoms with Crippen molar-refractivity contribution in [2.75, 3.05) is 65.6 Å². The number of hydrogen-bond donors (Lipinski definition) is 0. The van der Waals surface area contributed by atoms with Gasteiger partial charge in [-0.25, -0.2) is 0 Å². The number of rotatable bonds is 24. The van der Waals surface area contributed by atoms with Crippen LogP contribution in [0.4, 0.5) is 0 Å². The molecule has 0 aromatic heterocycles. The Kier molecular flexibility index (Phi) is 20.4. The van der Waals surface area contributed by atoms with Gasteiger partial charge in [0.05, 0.1) is 52.5 Å². The second kappa shape index (κ2) is 20.5. The smallest absolute Gasteiger partial charge is 0.102 e. The van der Waals surface area contributed by atoms with Gasteiger partial charge in [-0.05, 0) is 38.5 Å². The van der Waals surface area contributed by atoms with Crippen LogP contribution in [-0.2, 0) is 4.74 Å². The van der Waals surface area contributed by atoms with E-state index in [1.165, 1.54) is 138 Å². The molecule has 0 aromatic carbocycles. The van der Waals surface area contributed by atoms with Gasteiger partial charge in [-0.15, -0.1) is 0 Å². The molecule has 188 valence electrons. The van der Waals surface area contributed by atoms with E-state index in [0.29, 0.717) is 0 Å². The average Bonchev–Trinajstić information content (AvgIpc) is 2.80. The van der Waals surface area contributed by atoms with Gasteiger partial charge in [0.2, 0.25) is 0 Å². The predicted octanol–water partition coefficient (Wildman–Crippen LogP) is 7.44. The van der Waals surface area contributed by atoms with Crippen LogP contribution in [0, 0.1) is 0 Å². The highest BCUT2D eigenvalue weighted by Gasteiger charge is 2.27. The van der Waals surface area contributed by atoms with Crippen molar-refractivity contribution in [2.45, 2.75) is 119 Å². The van der Waals surface area contributed by atoms with Crippen molar-refractivity contribution in [3.63, 3.8) is 0 Å². The summed E-state index contributed by atoms with van der Waals surface area (Å²) in [5, 5.41) is 0. The van der Waals surface area contributed by atoms with E-state index in [1.807, 2.05) is 0 Å². The Morgan fingerprint density at radius 1 is 0.355 bits per heavy atom. The van der Waals surface area contributed by atoms with E-state index in [-0.39, 0.29) is 0 Å². The van der Waals surface area contributed by atoms with Gasteiger partial charge in [0, 0.05) is 0 Å². The Labute approximate surface area is 198 Å². The van der Waals surface area contributed by atoms with Crippen LogP contribution >= 0.6 is 0 Å². The van der Waals surface area contributed by atoms with Crippen LogP contribution < -0.4 is 0 Å². The molecular formula is C28H62N2O+2. The van der Waals surface area contributed by atoms with Crippen LogP contribution in [0.1, 0.15) is 119 Å². The lowest BCUT2D eigenvalue weighted by molar-refractivity contribution is -0.932. The van der Waals surface area contributed by atoms with E-state index in [4.69, 9.17) is 4.74 Å². The third-order valence-corrected chi connectivity index (χ3v) is 7.34. The summed E-state index contributed by atoms with van der Waals surface area (Å²) in [5.74, 6) is 0. The predicted molar refractivity (Wildman–Crippen MR) is 140 cm³/mol. The van der Waals surface area contributed by atoms with Crippen LogP contribution in [0.2, 0.25) is 0 Å². The van der Waals surface area contributed by atoms with Gasteiger partial charge in [0.1, 0.15) is 13.1 Å². The molecule has 31 heavy (non-hydrogen) atoms. The number of nitrogens with zero attached hydrogens (tertiary/aromatic N) is 2. The maximum atomic E-state index is 6.39. The van der Waals surface area contributed by atoms with Crippen molar-refractivity contribution in [2.24, 2.45) is 0 Å². The van der Waals surface area contributed by atoms with Crippen LogP contribution in [0.5, 0.6) is 0 Å². The third-order valence-electron chi connectivity index (χ3n) is 7.34. The summed E-state index contributed by atoms with van der Waals surface area (Å²) < 4.78 is 9.00. The summed E-state index contributed by atoms with van der Waals surface area (Å²) in [7, 11) is 0. The Morgan fingerprint density at radius 2 is 0.581 bits per heavy atom. The summed E-state index contributed by atoms with van der Waals surface area (Å²) in [6, 6.07) is 0. The quantitative estimate of drug-likeness (QED) is 0.111. The topological polar surface area (TPSA) is 9.23 Å². The fourth-order valence-electron chi connectivity index (χ4n) is 4.92. The lowest BCUT2D eigenvalue weighted by Gasteiger charge is -2.40. The first-order valence-electron chi connectivity index (χ1n) is 14.3. The van der Waals surface area contributed by atoms with Gasteiger partial charge in [0.25, 0.3) is 0 Å². The summed E-state index contributed by atoms with van der Waals surface area (Å²) >= 11 is 0. The monoisotopic (exact) mass is 442 g/mol. The molecule has 0 saturated heterocycles. The minimum Gasteiger partial charge on any atom is -0.370 e. The van der Waals surface area contributed by atoms with Gasteiger partial charge in [-0.1, -0.05) is 80.1 Å². The highest BCUT2D eigenvalue weighted by atomic mass is 16.5. The van der Waals surface area contributed by atoms with E-state index >= 15 is 0 Å². The molecule has 0 fully saturated rings. The molecule has 0 aliphatic carbocycles. The lowest BCUT2D eigenvalue weighted by Crippen LogP contribution is -2.53. The molecule has 0 aliphatic heterocycles. The second-order valence-electron chi connectivity index (χ2n) is 10.2. The van der Waals surface area contributed by atoms with E-state index in [2.05, 4.69) is 41.5 Å². The molecule has 0 spiro atoms. The summed E-state index contributed by atoms with van der Waals surface area (Å²) in [6.07, 6.45) is 16.0. The third kappa shape index (κ3) is 14.6. The van der Waals surface area contributed by atoms with Crippen LogP contribution in [0.3, 0.4) is 0 Å². The molecule has 0 unspecified atom stereocenters. The molecule has 0 rings (SSSR count). The SMILES string of the molecule is CCCC[N+](CCCC)(CCCC)CCOCC[N+](CCCC)(CCCC)CCCC. The Balaban J connectivity index is 4.86. The molecule has 0 N–H and O–H groups in total. The van der Waals surface area contributed by atoms with E-state index < -0.39 is 0 Å². The Bertz CT molecular complexity index is 294. The zero-order valence-electron chi connectivity index (χ0n) is 22.9. The molecule has 0 bridgehead atoms. The first kappa shape index (κ1) is 30.9. The van der Waals surface area contributed by atoms with E-state index in [0.717, 1.165) is 13.2 Å². The number of unbranched alkanes of at least 4 members (excludes halogenated alkanes) is 6. The first-order valence-corrected chi connectivity index (χ1v) is 14.3. The average molecular weight is 443 g/mol. The molecule has 0 aliphatic rings. The zero-order valence-corrected chi connectivity index (χ0v) is 22.9. The summed E-state index contributed by atoms with van der Waals surface area (Å²) in [6.45, 7) is 26.5. The molecule has 0 saturated carbocycles. The van der Waals surface area contributed by atoms with Gasteiger partial charge < -0.3 is 13.7 Å². The summed E-state index contributed by atoms with van der Waals surface area (Å²) in [5.41, 5.74) is 0. The largest absolute Gasteiger partial charge is 0.370 e. The van der Waals surface area contributed by atoms with Gasteiger partial charge in [0.15, 0.2) is 0 Å². The minimum atomic E-state index is 0.951. The number of hydrogen-bond acceptors (Lipinski definition) is 1. The lowest BCUT2D eigenvalue weighted by atomic mass is 10.1. The first-order chi connectivity index (χ1) is 15.1. The van der Waals surface area contributed by atoms with Crippen molar-refractivity contribution in [3.8, 4) is 0 Å². The molecule has 3 heteroatoms. The maximum absolute atomic E-state index is 6.39. The van der Waals surface area contributed by atoms with Crippen molar-refractivity contribution in [1.82, 2.24) is 0 Å². The van der Waals surface area contributed by atoms with E-state index in [1.54, 1.807) is 0 Å². The van der Waals surface area contributed by atoms with Crippen molar-refractivity contribution >= 4 is 0 Å². The standard InChI is InChI=1S/C28H62N2O/c1-7-13-19-29(20-14-8-2,21-15-9-3)25-27-31-28-26-30(22-16-10-4,23-17-11-5)24-18-12-6/h7-28H2,1-6H3/q+2. The highest BCUT2D eigenvalue weighted by Crippen LogP contribution is 2.17. The normalized spacial score (nSPS) is 12.6. The zero-order chi connectivity index (χ0) is 23.3. The molecule has 0 aromatic rings. The van der Waals surface area contributed by atoms with Crippen molar-refractivity contribution in [1.29, 1.82) is 0 Å². The molecular weight excluding hydrogens is 380 g/mol. The Morgan fingerprint density at radius 3 is 0.774 bits per heavy atom. The molecule has 0 amide bonds. The number of ether oxygens (including phenoxy) is 1. The Hall–Kier alpha value is -0.120. The fraction of sp³-hybridized carbons (Fsp3) is 1.00. The molecule has 3 nitrogen and oxygen atoms in total. The fourth-order valence-corrected chi connectivity index (χ4v) is 4.92. The van der Waals surface area contributed by atoms with E-state index in [9.17, 15) is 0 Å². The molecule has 0 heterocycles. The maximum Gasteiger partial charge on any atom is 0.102 e. The van der Waals surface area contributed by atoms with Gasteiger partial charge >= 0.3 is 0 Å². The van der Waals surface area contributed by atoms with Crippen molar-refractivity contribution < 1.29 is 13.7 Å². The highest BCUT2D eigenvalue weighted by molar-refractivity contribution is 4.51. The van der Waals surface area contributed by atoms with Crippen molar-refractivity contribution in [3.05, 3.63) is 0 Å². The van der Waals surface area contributed by atoms with Gasteiger partial charge in [-0.3, -0.25) is 0 Å². The molecule has 0 atom stereocenters. The van der Waals surface area contributed by atoms with Crippen LogP contribution in [0.25, 0.3) is 0 Å². The van der Waals surface area contributed by atoms with Crippen LogP contribution in [-0.4, -0.2) is 74.5 Å². The molecule has 0 radical (unpaired) electrons. The summed E-state index contributed by atoms with van der Waals surface area (Å²) in [4.78, 5) is 0. The number of quaternary nitrogens is 2. The van der Waals surface area contributed by atoms with Crippen LogP contribution in [0.15, 0.2) is 0 Å². The minimum absolute atomic E-state index is 0.951. The second-order valence-corrected chi connectivity index (χ2v) is 10.2.